The van der Waals surface area contributed by atoms with Crippen molar-refractivity contribution >= 4 is 45.5 Å². The molecule has 10 rings (SSSR count). The summed E-state index contributed by atoms with van der Waals surface area (Å²) in [7, 11) is 0. The lowest BCUT2D eigenvalue weighted by molar-refractivity contribution is 0.392. The molecule has 4 aliphatic rings. The quantitative estimate of drug-likeness (QED) is 0.0870. The van der Waals surface area contributed by atoms with Gasteiger partial charge in [0, 0.05) is 29.8 Å². The van der Waals surface area contributed by atoms with Gasteiger partial charge in [0.25, 0.3) is 11.1 Å². The van der Waals surface area contributed by atoms with E-state index in [0.29, 0.717) is 64.4 Å². The molecule has 2 aromatic carbocycles. The van der Waals surface area contributed by atoms with Gasteiger partial charge in [-0.15, -0.1) is 0 Å². The third kappa shape index (κ3) is 7.40. The maximum absolute atomic E-state index is 14.8. The van der Waals surface area contributed by atoms with Crippen molar-refractivity contribution in [2.45, 2.75) is 103 Å². The number of hydrazine groups is 1. The summed E-state index contributed by atoms with van der Waals surface area (Å²) in [4.78, 5) is 46.4. The number of halogens is 2. The highest BCUT2D eigenvalue weighted by molar-refractivity contribution is 6.35. The molecular formula is C44H47ClFN11O4. The minimum absolute atomic E-state index is 0.0435. The van der Waals surface area contributed by atoms with Crippen LogP contribution in [0.25, 0.3) is 22.2 Å². The molecule has 4 aromatic heterocycles. The number of para-hydroxylation sites is 1. The van der Waals surface area contributed by atoms with Crippen molar-refractivity contribution in [3.63, 3.8) is 0 Å². The number of ether oxygens (including phenoxy) is 2. The Morgan fingerprint density at radius 3 is 2.49 bits per heavy atom. The van der Waals surface area contributed by atoms with Crippen LogP contribution in [0.4, 0.5) is 27.4 Å². The van der Waals surface area contributed by atoms with Gasteiger partial charge in [-0.05, 0) is 80.3 Å². The minimum atomic E-state index is -0.460. The second-order valence-corrected chi connectivity index (χ2v) is 16.9. The second-order valence-electron chi connectivity index (χ2n) is 16.4. The number of H-pyrrole nitrogens is 2. The van der Waals surface area contributed by atoms with Crippen LogP contribution in [-0.2, 0) is 6.54 Å². The molecule has 2 unspecified atom stereocenters. The van der Waals surface area contributed by atoms with Gasteiger partial charge < -0.3 is 20.1 Å². The van der Waals surface area contributed by atoms with E-state index in [1.165, 1.54) is 48.4 Å². The highest BCUT2D eigenvalue weighted by atomic mass is 35.5. The molecule has 6 aromatic rings. The highest BCUT2D eigenvalue weighted by Crippen LogP contribution is 2.46. The van der Waals surface area contributed by atoms with Gasteiger partial charge in [0.2, 0.25) is 5.88 Å². The first-order chi connectivity index (χ1) is 29.8. The molecule has 0 amide bonds. The number of anilines is 4. The molecule has 0 saturated heterocycles. The number of rotatable bonds is 13. The van der Waals surface area contributed by atoms with Crippen molar-refractivity contribution in [2.24, 2.45) is 11.8 Å². The van der Waals surface area contributed by atoms with Crippen molar-refractivity contribution in [1.29, 1.82) is 0 Å². The molecule has 4 N–H and O–H groups in total. The highest BCUT2D eigenvalue weighted by Gasteiger charge is 2.48. The summed E-state index contributed by atoms with van der Waals surface area (Å²) in [5.41, 5.74) is 1.34. The topological polar surface area (TPSA) is 171 Å². The van der Waals surface area contributed by atoms with E-state index in [1.54, 1.807) is 24.4 Å². The van der Waals surface area contributed by atoms with E-state index >= 15 is 0 Å². The Hall–Kier alpha value is -6.16. The molecule has 61 heavy (non-hydrogen) atoms. The van der Waals surface area contributed by atoms with Crippen LogP contribution >= 0.6 is 11.6 Å². The first-order valence-electron chi connectivity index (χ1n) is 21.4. The number of nitrogens with one attached hydrogen (secondary N) is 4. The minimum Gasteiger partial charge on any atom is -0.425 e. The molecule has 15 nitrogen and oxygen atoms in total. The molecule has 316 valence electrons. The first kappa shape index (κ1) is 39.0. The number of hydrogen-bond donors (Lipinski definition) is 4. The van der Waals surface area contributed by atoms with Crippen LogP contribution in [0.15, 0.2) is 70.4 Å². The fourth-order valence-electron chi connectivity index (χ4n) is 9.54. The Morgan fingerprint density at radius 2 is 1.69 bits per heavy atom. The number of pyridine rings is 1. The SMILES string of the molecule is CCCn1c(Oc2ccc(F)cc2-c2cc[nH]n2)nc2c(c1=O)NC(C1CCCC1)N2N1c2nc(Oc3ccc4cccc(Cl)c4n3)[nH]c(=O)c2NC1CCCC1CCCC1. The third-order valence-corrected chi connectivity index (χ3v) is 12.8. The molecule has 2 saturated carbocycles. The third-order valence-electron chi connectivity index (χ3n) is 12.4. The Labute approximate surface area is 355 Å². The van der Waals surface area contributed by atoms with E-state index in [9.17, 15) is 14.0 Å². The average molecular weight is 848 g/mol. The molecule has 0 spiro atoms. The number of aromatic amines is 2. The van der Waals surface area contributed by atoms with Gasteiger partial charge >= 0.3 is 12.0 Å². The van der Waals surface area contributed by atoms with Crippen LogP contribution in [0.2, 0.25) is 5.02 Å². The van der Waals surface area contributed by atoms with E-state index in [2.05, 4.69) is 30.8 Å². The van der Waals surface area contributed by atoms with Crippen molar-refractivity contribution in [3.05, 3.63) is 92.3 Å². The Morgan fingerprint density at radius 1 is 0.869 bits per heavy atom. The molecule has 0 radical (unpaired) electrons. The lowest BCUT2D eigenvalue weighted by Gasteiger charge is -2.40. The van der Waals surface area contributed by atoms with Gasteiger partial charge in [0.05, 0.1) is 16.2 Å². The van der Waals surface area contributed by atoms with Gasteiger partial charge in [-0.25, -0.2) is 19.4 Å². The summed E-state index contributed by atoms with van der Waals surface area (Å²) in [6.45, 7) is 2.30. The maximum Gasteiger partial charge on any atom is 0.306 e. The first-order valence-corrected chi connectivity index (χ1v) is 21.8. The molecule has 6 heterocycles. The smallest absolute Gasteiger partial charge is 0.306 e. The summed E-state index contributed by atoms with van der Waals surface area (Å²) in [5, 5.41) is 19.5. The largest absolute Gasteiger partial charge is 0.425 e. The van der Waals surface area contributed by atoms with Crippen LogP contribution in [0.3, 0.4) is 0 Å². The van der Waals surface area contributed by atoms with Crippen molar-refractivity contribution in [1.82, 2.24) is 34.7 Å². The summed E-state index contributed by atoms with van der Waals surface area (Å²) >= 11 is 6.49. The van der Waals surface area contributed by atoms with E-state index in [4.69, 9.17) is 31.0 Å². The maximum atomic E-state index is 14.8. The van der Waals surface area contributed by atoms with Gasteiger partial charge in [0.15, 0.2) is 11.6 Å². The van der Waals surface area contributed by atoms with Gasteiger partial charge in [-0.1, -0.05) is 75.6 Å². The molecule has 2 aliphatic heterocycles. The molecular weight excluding hydrogens is 801 g/mol. The fourth-order valence-corrected chi connectivity index (χ4v) is 9.76. The Bertz CT molecular complexity index is 2700. The molecule has 17 heteroatoms. The van der Waals surface area contributed by atoms with Crippen LogP contribution in [-0.4, -0.2) is 47.0 Å². The summed E-state index contributed by atoms with van der Waals surface area (Å²) < 4.78 is 28.9. The zero-order valence-electron chi connectivity index (χ0n) is 33.8. The van der Waals surface area contributed by atoms with E-state index in [-0.39, 0.29) is 40.8 Å². The normalized spacial score (nSPS) is 18.7. The number of hydrogen-bond acceptors (Lipinski definition) is 12. The molecule has 0 bridgehead atoms. The Balaban J connectivity index is 1.09. The zero-order chi connectivity index (χ0) is 41.6. The summed E-state index contributed by atoms with van der Waals surface area (Å²) in [6, 6.07) is 15.0. The van der Waals surface area contributed by atoms with Crippen LogP contribution in [0.5, 0.6) is 23.7 Å². The lowest BCUT2D eigenvalue weighted by Crippen LogP contribution is -2.56. The number of fused-ring (bicyclic) bond motifs is 3. The van der Waals surface area contributed by atoms with Crippen molar-refractivity contribution < 1.29 is 13.9 Å². The molecule has 2 aliphatic carbocycles. The number of nitrogens with zero attached hydrogens (tertiary/aromatic N) is 7. The predicted molar refractivity (Wildman–Crippen MR) is 232 cm³/mol. The van der Waals surface area contributed by atoms with E-state index in [0.717, 1.165) is 43.9 Å². The van der Waals surface area contributed by atoms with Crippen molar-refractivity contribution in [3.8, 4) is 34.9 Å². The van der Waals surface area contributed by atoms with Gasteiger partial charge in [-0.2, -0.15) is 15.1 Å². The molecule has 2 fully saturated rings. The van der Waals surface area contributed by atoms with Crippen LogP contribution < -0.4 is 41.2 Å². The monoisotopic (exact) mass is 847 g/mol. The van der Waals surface area contributed by atoms with E-state index < -0.39 is 23.7 Å². The van der Waals surface area contributed by atoms with Crippen LogP contribution in [0.1, 0.15) is 84.0 Å². The standard InChI is InChI=1S/C44H47ClFN11O4/c1-2-23-55-42(59)37-40(52-44(55)60-32-19-18-28(46)24-29(32)31-21-22-47-54-31)57(38(50-37)27-12-5-6-13-27)56-33(16-7-11-25-9-3-4-10-25)48-36-39(56)51-43(53-41(36)58)61-34-20-17-26-14-8-15-30(45)35(26)49-34/h8,14-15,17-22,24-25,27,33,38,48,50H,2-7,9-13,16,23H2,1H3,(H,47,54)(H,51,53,58). The number of aromatic nitrogens is 7. The second kappa shape index (κ2) is 16.4. The van der Waals surface area contributed by atoms with Crippen LogP contribution in [0, 0.1) is 17.7 Å². The lowest BCUT2D eigenvalue weighted by atomic mass is 10.00. The molecule has 2 atom stereocenters. The van der Waals surface area contributed by atoms with Crippen molar-refractivity contribution in [2.75, 3.05) is 20.7 Å². The predicted octanol–water partition coefficient (Wildman–Crippen LogP) is 9.33. The van der Waals surface area contributed by atoms with Gasteiger partial charge in [0.1, 0.15) is 35.3 Å². The average Bonchev–Trinajstić information content (AvgIpc) is 4.12. The van der Waals surface area contributed by atoms with E-state index in [1.807, 2.05) is 35.1 Å². The Kier molecular flexibility index (Phi) is 10.5. The summed E-state index contributed by atoms with van der Waals surface area (Å²) in [5.74, 6) is 1.54. The zero-order valence-corrected chi connectivity index (χ0v) is 34.6. The summed E-state index contributed by atoms with van der Waals surface area (Å²) in [6.07, 6.45) is 13.1. The number of benzene rings is 2. The fraction of sp³-hybridized carbons (Fsp3) is 0.409. The van der Waals surface area contributed by atoms with Gasteiger partial charge in [-0.3, -0.25) is 24.2 Å².